The second-order valence-electron chi connectivity index (χ2n) is 2.12. The van der Waals surface area contributed by atoms with Crippen LogP contribution in [0.2, 0.25) is 0 Å². The predicted molar refractivity (Wildman–Crippen MR) is 38.3 cm³/mol. The van der Waals surface area contributed by atoms with Gasteiger partial charge in [0.25, 0.3) is 0 Å². The minimum atomic E-state index is 0.598. The maximum atomic E-state index is 8.14. The topological polar surface area (TPSA) is 66.5 Å². The van der Waals surface area contributed by atoms with Gasteiger partial charge in [-0.2, -0.15) is 10.4 Å². The van der Waals surface area contributed by atoms with Gasteiger partial charge in [0, 0.05) is 20.0 Å². The molecular formula is C6H9N5. The van der Waals surface area contributed by atoms with Crippen LogP contribution in [0.25, 0.3) is 0 Å². The minimum absolute atomic E-state index is 0.598. The Hall–Kier alpha value is -1.57. The van der Waals surface area contributed by atoms with Crippen molar-refractivity contribution in [2.75, 3.05) is 6.54 Å². The first-order chi connectivity index (χ1) is 5.33. The Bertz CT molecular complexity index is 258. The van der Waals surface area contributed by atoms with Crippen LogP contribution in [0.1, 0.15) is 5.82 Å². The third-order valence-corrected chi connectivity index (χ3v) is 1.20. The summed E-state index contributed by atoms with van der Waals surface area (Å²) in [6.45, 7) is 0.598. The second-order valence-corrected chi connectivity index (χ2v) is 2.12. The molecule has 0 amide bonds. The molecule has 5 nitrogen and oxygen atoms in total. The van der Waals surface area contributed by atoms with Crippen molar-refractivity contribution in [2.45, 2.75) is 6.42 Å². The van der Waals surface area contributed by atoms with Crippen LogP contribution in [0.4, 0.5) is 0 Å². The van der Waals surface area contributed by atoms with E-state index in [2.05, 4.69) is 15.4 Å². The molecule has 0 aliphatic rings. The summed E-state index contributed by atoms with van der Waals surface area (Å²) in [5.74, 6) is 0.759. The summed E-state index contributed by atoms with van der Waals surface area (Å²) in [6.07, 6.45) is 4.16. The Morgan fingerprint density at radius 2 is 2.64 bits per heavy atom. The summed E-state index contributed by atoms with van der Waals surface area (Å²) in [4.78, 5) is 3.99. The largest absolute Gasteiger partial charge is 0.323 e. The molecule has 0 bridgehead atoms. The summed E-state index contributed by atoms with van der Waals surface area (Å²) >= 11 is 0. The molecule has 0 aromatic carbocycles. The fraction of sp³-hybridized carbons (Fsp3) is 0.500. The third kappa shape index (κ3) is 2.26. The summed E-state index contributed by atoms with van der Waals surface area (Å²) in [6, 6.07) is 0. The Kier molecular flexibility index (Phi) is 2.44. The molecule has 0 spiro atoms. The molecule has 0 saturated heterocycles. The number of rotatable bonds is 3. The van der Waals surface area contributed by atoms with E-state index in [0.717, 1.165) is 5.82 Å². The number of aryl methyl sites for hydroxylation is 1. The summed E-state index contributed by atoms with van der Waals surface area (Å²) in [5.41, 5.74) is 0. The molecule has 0 radical (unpaired) electrons. The molecule has 0 saturated carbocycles. The number of nitrogens with zero attached hydrogens (tertiary/aromatic N) is 4. The van der Waals surface area contributed by atoms with E-state index in [1.807, 2.05) is 13.2 Å². The van der Waals surface area contributed by atoms with Gasteiger partial charge in [-0.3, -0.25) is 4.68 Å². The van der Waals surface area contributed by atoms with Gasteiger partial charge in [-0.1, -0.05) is 0 Å². The van der Waals surface area contributed by atoms with E-state index < -0.39 is 0 Å². The second kappa shape index (κ2) is 3.56. The average molecular weight is 151 g/mol. The summed E-state index contributed by atoms with van der Waals surface area (Å²) in [7, 11) is 1.81. The maximum absolute atomic E-state index is 8.14. The quantitative estimate of drug-likeness (QED) is 0.357. The van der Waals surface area contributed by atoms with Crippen molar-refractivity contribution in [2.24, 2.45) is 7.05 Å². The smallest absolute Gasteiger partial charge is 0.176 e. The van der Waals surface area contributed by atoms with Crippen molar-refractivity contribution >= 4 is 0 Å². The van der Waals surface area contributed by atoms with Gasteiger partial charge >= 0.3 is 0 Å². The molecule has 0 atom stereocenters. The lowest BCUT2D eigenvalue weighted by atomic mass is 10.4. The van der Waals surface area contributed by atoms with Crippen molar-refractivity contribution in [3.05, 3.63) is 12.2 Å². The lowest BCUT2D eigenvalue weighted by Crippen LogP contribution is -2.10. The van der Waals surface area contributed by atoms with Gasteiger partial charge in [-0.25, -0.2) is 4.98 Å². The highest BCUT2D eigenvalue weighted by atomic mass is 15.3. The predicted octanol–water partition coefficient (Wildman–Crippen LogP) is -0.572. The molecule has 1 N–H and O–H groups in total. The first-order valence-corrected chi connectivity index (χ1v) is 3.29. The SMILES string of the molecule is Cn1cnc(CCNC#N)n1. The highest BCUT2D eigenvalue weighted by Gasteiger charge is 1.95. The van der Waals surface area contributed by atoms with Gasteiger partial charge in [-0.05, 0) is 0 Å². The fourth-order valence-electron chi connectivity index (χ4n) is 0.729. The lowest BCUT2D eigenvalue weighted by Gasteiger charge is -1.90. The highest BCUT2D eigenvalue weighted by molar-refractivity contribution is 4.83. The molecule has 1 aromatic rings. The molecule has 0 unspecified atom stereocenters. The Balaban J connectivity index is 2.34. The van der Waals surface area contributed by atoms with E-state index in [9.17, 15) is 0 Å². The van der Waals surface area contributed by atoms with Crippen LogP contribution in [-0.4, -0.2) is 21.3 Å². The van der Waals surface area contributed by atoms with Crippen molar-refractivity contribution in [3.8, 4) is 6.19 Å². The molecule has 0 aliphatic heterocycles. The molecule has 1 rings (SSSR count). The molecule has 11 heavy (non-hydrogen) atoms. The number of hydrogen-bond acceptors (Lipinski definition) is 4. The maximum Gasteiger partial charge on any atom is 0.176 e. The zero-order valence-electron chi connectivity index (χ0n) is 6.28. The van der Waals surface area contributed by atoms with Crippen molar-refractivity contribution in [1.29, 1.82) is 5.26 Å². The summed E-state index contributed by atoms with van der Waals surface area (Å²) in [5, 5.41) is 14.7. The van der Waals surface area contributed by atoms with Gasteiger partial charge in [0.1, 0.15) is 6.33 Å². The van der Waals surface area contributed by atoms with Crippen LogP contribution in [0, 0.1) is 11.5 Å². The normalized spacial score (nSPS) is 9.09. The lowest BCUT2D eigenvalue weighted by molar-refractivity contribution is 0.726. The van der Waals surface area contributed by atoms with Gasteiger partial charge in [0.2, 0.25) is 0 Å². The average Bonchev–Trinajstić information content (AvgIpc) is 2.37. The van der Waals surface area contributed by atoms with E-state index in [4.69, 9.17) is 5.26 Å². The van der Waals surface area contributed by atoms with Crippen molar-refractivity contribution < 1.29 is 0 Å². The van der Waals surface area contributed by atoms with Crippen LogP contribution in [0.15, 0.2) is 6.33 Å². The molecule has 0 fully saturated rings. The molecule has 1 heterocycles. The van der Waals surface area contributed by atoms with E-state index in [1.165, 1.54) is 0 Å². The first kappa shape index (κ1) is 7.54. The zero-order valence-corrected chi connectivity index (χ0v) is 6.28. The van der Waals surface area contributed by atoms with Gasteiger partial charge in [-0.15, -0.1) is 0 Å². The monoisotopic (exact) mass is 151 g/mol. The number of aromatic nitrogens is 3. The van der Waals surface area contributed by atoms with Crippen molar-refractivity contribution in [3.63, 3.8) is 0 Å². The fourth-order valence-corrected chi connectivity index (χ4v) is 0.729. The Morgan fingerprint density at radius 3 is 3.18 bits per heavy atom. The number of nitriles is 1. The highest BCUT2D eigenvalue weighted by Crippen LogP contribution is 1.87. The molecule has 5 heteroatoms. The standard InChI is InChI=1S/C6H9N5/c1-11-5-9-6(10-11)2-3-8-4-7/h5,8H,2-3H2,1H3. The van der Waals surface area contributed by atoms with Gasteiger partial charge < -0.3 is 5.32 Å². The van der Waals surface area contributed by atoms with Gasteiger partial charge in [0.05, 0.1) is 0 Å². The zero-order chi connectivity index (χ0) is 8.10. The number of hydrogen-bond donors (Lipinski definition) is 1. The van der Waals surface area contributed by atoms with Crippen LogP contribution < -0.4 is 5.32 Å². The molecule has 58 valence electrons. The third-order valence-electron chi connectivity index (χ3n) is 1.20. The van der Waals surface area contributed by atoms with Crippen LogP contribution in [0.5, 0.6) is 0 Å². The molecule has 0 aliphatic carbocycles. The Labute approximate surface area is 64.7 Å². The van der Waals surface area contributed by atoms with E-state index in [1.54, 1.807) is 11.0 Å². The first-order valence-electron chi connectivity index (χ1n) is 3.29. The van der Waals surface area contributed by atoms with Crippen LogP contribution in [-0.2, 0) is 13.5 Å². The molecule has 1 aromatic heterocycles. The Morgan fingerprint density at radius 1 is 1.82 bits per heavy atom. The van der Waals surface area contributed by atoms with E-state index in [0.29, 0.717) is 13.0 Å². The van der Waals surface area contributed by atoms with E-state index >= 15 is 0 Å². The van der Waals surface area contributed by atoms with Crippen molar-refractivity contribution in [1.82, 2.24) is 20.1 Å². The van der Waals surface area contributed by atoms with Crippen LogP contribution >= 0.6 is 0 Å². The number of nitrogens with one attached hydrogen (secondary N) is 1. The van der Waals surface area contributed by atoms with E-state index in [-0.39, 0.29) is 0 Å². The summed E-state index contributed by atoms with van der Waals surface area (Å²) < 4.78 is 1.64. The van der Waals surface area contributed by atoms with Gasteiger partial charge in [0.15, 0.2) is 12.0 Å². The van der Waals surface area contributed by atoms with Crippen LogP contribution in [0.3, 0.4) is 0 Å². The minimum Gasteiger partial charge on any atom is -0.323 e. The molecular weight excluding hydrogens is 142 g/mol.